The fourth-order valence-corrected chi connectivity index (χ4v) is 3.71. The molecule has 0 N–H and O–H groups in total. The van der Waals surface area contributed by atoms with E-state index in [4.69, 9.17) is 13.9 Å². The molecule has 1 saturated heterocycles. The molecule has 8 heteroatoms. The fraction of sp³-hybridized carbons (Fsp3) is 0.591. The van der Waals surface area contributed by atoms with E-state index in [9.17, 15) is 9.59 Å². The van der Waals surface area contributed by atoms with Crippen LogP contribution >= 0.6 is 0 Å². The first-order chi connectivity index (χ1) is 13.9. The number of benzene rings is 1. The molecule has 2 aromatic rings. The second-order valence-electron chi connectivity index (χ2n) is 9.49. The van der Waals surface area contributed by atoms with Gasteiger partial charge in [-0.05, 0) is 59.1 Å². The molecule has 0 saturated carbocycles. The predicted molar refractivity (Wildman–Crippen MR) is 111 cm³/mol. The monoisotopic (exact) mass is 417 g/mol. The molecule has 0 radical (unpaired) electrons. The molecule has 1 fully saturated rings. The smallest absolute Gasteiger partial charge is 0.442 e. The fourth-order valence-electron chi connectivity index (χ4n) is 3.71. The van der Waals surface area contributed by atoms with Crippen molar-refractivity contribution in [2.45, 2.75) is 78.4 Å². The van der Waals surface area contributed by atoms with Gasteiger partial charge in [0.05, 0.1) is 11.7 Å². The molecular formula is C22H31N3O5. The third kappa shape index (κ3) is 4.59. The number of carbonyl (C=O) groups is 1. The second-order valence-corrected chi connectivity index (χ2v) is 9.49. The summed E-state index contributed by atoms with van der Waals surface area (Å²) in [5.41, 5.74) is -1.00. The van der Waals surface area contributed by atoms with Gasteiger partial charge in [-0.2, -0.15) is 4.68 Å². The zero-order valence-electron chi connectivity index (χ0n) is 18.7. The number of aromatic nitrogens is 2. The van der Waals surface area contributed by atoms with Crippen LogP contribution in [0.25, 0.3) is 5.69 Å². The maximum atomic E-state index is 13.0. The summed E-state index contributed by atoms with van der Waals surface area (Å²) in [4.78, 5) is 27.1. The summed E-state index contributed by atoms with van der Waals surface area (Å²) in [5, 5.41) is 4.39. The lowest BCUT2D eigenvalue weighted by molar-refractivity contribution is -0.0840. The van der Waals surface area contributed by atoms with Gasteiger partial charge in [-0.1, -0.05) is 32.0 Å². The Kier molecular flexibility index (Phi) is 5.82. The van der Waals surface area contributed by atoms with Crippen LogP contribution in [0, 0.1) is 5.92 Å². The number of amides is 1. The molecule has 1 amide bonds. The van der Waals surface area contributed by atoms with Crippen LogP contribution in [0.3, 0.4) is 0 Å². The number of para-hydroxylation sites is 1. The third-order valence-electron chi connectivity index (χ3n) is 4.79. The highest BCUT2D eigenvalue weighted by molar-refractivity contribution is 5.70. The van der Waals surface area contributed by atoms with Gasteiger partial charge in [-0.25, -0.2) is 9.59 Å². The van der Waals surface area contributed by atoms with Gasteiger partial charge < -0.3 is 13.9 Å². The summed E-state index contributed by atoms with van der Waals surface area (Å²) in [6, 6.07) is 8.64. The summed E-state index contributed by atoms with van der Waals surface area (Å²) in [7, 11) is 0. The van der Waals surface area contributed by atoms with Crippen molar-refractivity contribution in [1.82, 2.24) is 14.7 Å². The Morgan fingerprint density at radius 3 is 2.43 bits per heavy atom. The Balaban J connectivity index is 2.00. The van der Waals surface area contributed by atoms with E-state index in [1.807, 2.05) is 39.0 Å². The molecule has 2 heterocycles. The number of rotatable bonds is 4. The van der Waals surface area contributed by atoms with Crippen LogP contribution in [0.1, 0.15) is 66.9 Å². The molecule has 0 aliphatic carbocycles. The molecule has 3 rings (SSSR count). The van der Waals surface area contributed by atoms with Crippen LogP contribution in [0.4, 0.5) is 4.79 Å². The van der Waals surface area contributed by atoms with E-state index in [0.29, 0.717) is 12.1 Å². The lowest BCUT2D eigenvalue weighted by Gasteiger charge is -2.35. The van der Waals surface area contributed by atoms with Crippen molar-refractivity contribution >= 4 is 6.09 Å². The Bertz CT molecular complexity index is 940. The standard InChI is InChI=1S/C22H31N3O5/c1-14(2)13-16-17(29-22(6,7)24(16)19(26)30-21(3,4)5)18-23-25(20(27)28-18)15-11-9-8-10-12-15/h8-12,14,16-17H,13H2,1-7H3. The molecule has 0 spiro atoms. The SMILES string of the molecule is CC(C)CC1C(c2nn(-c3ccccc3)c(=O)o2)OC(C)(C)N1C(=O)OC(C)(C)C. The third-order valence-corrected chi connectivity index (χ3v) is 4.79. The average molecular weight is 418 g/mol. The Hall–Kier alpha value is -2.61. The van der Waals surface area contributed by atoms with Crippen molar-refractivity contribution in [3.63, 3.8) is 0 Å². The highest BCUT2D eigenvalue weighted by Gasteiger charge is 2.53. The Morgan fingerprint density at radius 1 is 1.23 bits per heavy atom. The molecule has 1 aromatic heterocycles. The van der Waals surface area contributed by atoms with Crippen LogP contribution in [0.5, 0.6) is 0 Å². The van der Waals surface area contributed by atoms with Crippen LogP contribution in [0.2, 0.25) is 0 Å². The lowest BCUT2D eigenvalue weighted by atomic mass is 9.98. The van der Waals surface area contributed by atoms with E-state index in [1.54, 1.807) is 30.9 Å². The Morgan fingerprint density at radius 2 is 1.87 bits per heavy atom. The van der Waals surface area contributed by atoms with Gasteiger partial charge >= 0.3 is 11.8 Å². The maximum Gasteiger partial charge on any atom is 0.442 e. The summed E-state index contributed by atoms with van der Waals surface area (Å²) in [5.74, 6) is -0.187. The Labute approximate surface area is 176 Å². The van der Waals surface area contributed by atoms with Gasteiger partial charge in [0.15, 0.2) is 6.10 Å². The molecule has 0 bridgehead atoms. The van der Waals surface area contributed by atoms with Crippen LogP contribution in [-0.2, 0) is 9.47 Å². The zero-order chi connectivity index (χ0) is 22.3. The summed E-state index contributed by atoms with van der Waals surface area (Å²) in [6.45, 7) is 13.2. The lowest BCUT2D eigenvalue weighted by Crippen LogP contribution is -2.50. The zero-order valence-corrected chi connectivity index (χ0v) is 18.7. The second kappa shape index (κ2) is 7.91. The molecule has 2 atom stereocenters. The van der Waals surface area contributed by atoms with E-state index in [1.165, 1.54) is 4.68 Å². The molecule has 8 nitrogen and oxygen atoms in total. The van der Waals surface area contributed by atoms with Crippen molar-refractivity contribution < 1.29 is 18.7 Å². The maximum absolute atomic E-state index is 13.0. The molecule has 164 valence electrons. The van der Waals surface area contributed by atoms with E-state index in [0.717, 1.165) is 0 Å². The van der Waals surface area contributed by atoms with Gasteiger partial charge in [0.2, 0.25) is 5.89 Å². The van der Waals surface area contributed by atoms with Crippen molar-refractivity contribution in [2.24, 2.45) is 5.92 Å². The topological polar surface area (TPSA) is 86.8 Å². The van der Waals surface area contributed by atoms with Gasteiger partial charge in [0.25, 0.3) is 0 Å². The van der Waals surface area contributed by atoms with Gasteiger partial charge in [-0.15, -0.1) is 5.10 Å². The minimum atomic E-state index is -0.957. The number of ether oxygens (including phenoxy) is 2. The quantitative estimate of drug-likeness (QED) is 0.738. The molecule has 2 unspecified atom stereocenters. The van der Waals surface area contributed by atoms with Gasteiger partial charge in [-0.3, -0.25) is 4.90 Å². The number of carbonyl (C=O) groups excluding carboxylic acids is 1. The summed E-state index contributed by atoms with van der Waals surface area (Å²) in [6.07, 6.45) is -0.520. The van der Waals surface area contributed by atoms with E-state index in [-0.39, 0.29) is 11.8 Å². The minimum absolute atomic E-state index is 0.147. The molecule has 1 aromatic carbocycles. The summed E-state index contributed by atoms with van der Waals surface area (Å²) >= 11 is 0. The van der Waals surface area contributed by atoms with E-state index in [2.05, 4.69) is 18.9 Å². The van der Waals surface area contributed by atoms with Gasteiger partial charge in [0.1, 0.15) is 11.3 Å². The normalized spacial score (nSPS) is 21.3. The number of hydrogen-bond acceptors (Lipinski definition) is 6. The molecular weight excluding hydrogens is 386 g/mol. The number of nitrogens with zero attached hydrogens (tertiary/aromatic N) is 3. The molecule has 1 aliphatic rings. The van der Waals surface area contributed by atoms with Gasteiger partial charge in [0, 0.05) is 0 Å². The first kappa shape index (κ1) is 22.1. The van der Waals surface area contributed by atoms with Crippen molar-refractivity contribution in [1.29, 1.82) is 0 Å². The van der Waals surface area contributed by atoms with Crippen molar-refractivity contribution in [3.8, 4) is 5.69 Å². The first-order valence-corrected chi connectivity index (χ1v) is 10.2. The molecule has 1 aliphatic heterocycles. The predicted octanol–water partition coefficient (Wildman–Crippen LogP) is 4.28. The largest absolute Gasteiger partial charge is 0.444 e. The summed E-state index contributed by atoms with van der Waals surface area (Å²) < 4.78 is 18.5. The van der Waals surface area contributed by atoms with Crippen LogP contribution < -0.4 is 5.76 Å². The van der Waals surface area contributed by atoms with Crippen molar-refractivity contribution in [2.75, 3.05) is 0 Å². The minimum Gasteiger partial charge on any atom is -0.444 e. The number of hydrogen-bond donors (Lipinski definition) is 0. The van der Waals surface area contributed by atoms with E-state index >= 15 is 0 Å². The van der Waals surface area contributed by atoms with Crippen LogP contribution in [0.15, 0.2) is 39.5 Å². The average Bonchev–Trinajstić information content (AvgIpc) is 3.10. The highest BCUT2D eigenvalue weighted by atomic mass is 16.6. The first-order valence-electron chi connectivity index (χ1n) is 10.2. The van der Waals surface area contributed by atoms with Crippen molar-refractivity contribution in [3.05, 3.63) is 46.8 Å². The van der Waals surface area contributed by atoms with Crippen LogP contribution in [-0.4, -0.2) is 38.1 Å². The highest BCUT2D eigenvalue weighted by Crippen LogP contribution is 2.43. The van der Waals surface area contributed by atoms with E-state index < -0.39 is 35.3 Å². The molecule has 30 heavy (non-hydrogen) atoms.